The summed E-state index contributed by atoms with van der Waals surface area (Å²) in [5.41, 5.74) is 3.42. The van der Waals surface area contributed by atoms with Crippen molar-refractivity contribution in [2.75, 3.05) is 6.54 Å². The van der Waals surface area contributed by atoms with Crippen molar-refractivity contribution in [1.82, 2.24) is 10.6 Å². The summed E-state index contributed by atoms with van der Waals surface area (Å²) in [5, 5.41) is 5.88. The summed E-state index contributed by atoms with van der Waals surface area (Å²) >= 11 is 0. The predicted molar refractivity (Wildman–Crippen MR) is 129 cm³/mol. The highest BCUT2D eigenvalue weighted by Gasteiger charge is 2.23. The molecule has 0 heterocycles. The Balaban J connectivity index is 1.56. The lowest BCUT2D eigenvalue weighted by Crippen LogP contribution is -2.46. The Bertz CT molecular complexity index is 935. The molecule has 0 aromatic heterocycles. The van der Waals surface area contributed by atoms with Crippen molar-refractivity contribution in [1.29, 1.82) is 0 Å². The molecule has 2 amide bonds. The fourth-order valence-corrected chi connectivity index (χ4v) is 4.03. The number of hydrogen-bond acceptors (Lipinski definition) is 2. The van der Waals surface area contributed by atoms with Gasteiger partial charge in [-0.25, -0.2) is 0 Å². The summed E-state index contributed by atoms with van der Waals surface area (Å²) < 4.78 is 0. The summed E-state index contributed by atoms with van der Waals surface area (Å²) in [5.74, 6) is -0.342. The number of rotatable bonds is 10. The third-order valence-electron chi connectivity index (χ3n) is 5.81. The first kappa shape index (κ1) is 23.3. The van der Waals surface area contributed by atoms with Gasteiger partial charge < -0.3 is 10.6 Å². The van der Waals surface area contributed by atoms with Crippen LogP contribution in [0, 0.1) is 0 Å². The molecular formula is C28H32N2O2. The molecule has 2 atom stereocenters. The normalized spacial score (nSPS) is 12.7. The van der Waals surface area contributed by atoms with Crippen LogP contribution >= 0.6 is 0 Å². The lowest BCUT2D eigenvalue weighted by Gasteiger charge is -2.21. The second-order valence-corrected chi connectivity index (χ2v) is 8.06. The molecule has 32 heavy (non-hydrogen) atoms. The average molecular weight is 429 g/mol. The van der Waals surface area contributed by atoms with Gasteiger partial charge in [-0.1, -0.05) is 97.9 Å². The van der Waals surface area contributed by atoms with E-state index in [9.17, 15) is 9.59 Å². The number of amides is 2. The van der Waals surface area contributed by atoms with Crippen LogP contribution in [0.3, 0.4) is 0 Å². The van der Waals surface area contributed by atoms with Gasteiger partial charge in [-0.05, 0) is 36.5 Å². The molecule has 0 aliphatic heterocycles. The molecule has 3 rings (SSSR count). The number of carbonyl (C=O) groups is 2. The quantitative estimate of drug-likeness (QED) is 0.476. The molecular weight excluding hydrogens is 396 g/mol. The summed E-state index contributed by atoms with van der Waals surface area (Å²) in [7, 11) is 0. The average Bonchev–Trinajstić information content (AvgIpc) is 2.84. The van der Waals surface area contributed by atoms with Crippen LogP contribution in [-0.2, 0) is 9.59 Å². The van der Waals surface area contributed by atoms with E-state index in [0.717, 1.165) is 12.0 Å². The third-order valence-corrected chi connectivity index (χ3v) is 5.81. The zero-order valence-corrected chi connectivity index (χ0v) is 18.8. The van der Waals surface area contributed by atoms with Gasteiger partial charge in [-0.3, -0.25) is 9.59 Å². The third kappa shape index (κ3) is 6.30. The highest BCUT2D eigenvalue weighted by molar-refractivity contribution is 5.90. The van der Waals surface area contributed by atoms with Crippen LogP contribution in [0.1, 0.15) is 55.2 Å². The molecule has 4 nitrogen and oxygen atoms in total. The fraction of sp³-hybridized carbons (Fsp3) is 0.286. The van der Waals surface area contributed by atoms with E-state index < -0.39 is 6.04 Å². The van der Waals surface area contributed by atoms with E-state index in [4.69, 9.17) is 0 Å². The first-order valence-corrected chi connectivity index (χ1v) is 11.3. The summed E-state index contributed by atoms with van der Waals surface area (Å²) in [6.45, 7) is 4.25. The minimum Gasteiger partial charge on any atom is -0.354 e. The number of nitrogens with one attached hydrogen (secondary N) is 2. The first-order valence-electron chi connectivity index (χ1n) is 11.3. The zero-order valence-electron chi connectivity index (χ0n) is 18.8. The predicted octanol–water partition coefficient (Wildman–Crippen LogP) is 5.02. The molecule has 2 N–H and O–H groups in total. The van der Waals surface area contributed by atoms with Gasteiger partial charge in [0.05, 0.1) is 5.92 Å². The van der Waals surface area contributed by atoms with Gasteiger partial charge in [-0.2, -0.15) is 0 Å². The van der Waals surface area contributed by atoms with E-state index in [1.165, 1.54) is 11.1 Å². The number of carbonyl (C=O) groups excluding carboxylic acids is 2. The molecule has 3 aromatic rings. The van der Waals surface area contributed by atoms with Gasteiger partial charge in [-0.15, -0.1) is 0 Å². The van der Waals surface area contributed by atoms with E-state index >= 15 is 0 Å². The maximum absolute atomic E-state index is 12.8. The van der Waals surface area contributed by atoms with E-state index in [0.29, 0.717) is 13.0 Å². The molecule has 0 saturated heterocycles. The van der Waals surface area contributed by atoms with Gasteiger partial charge >= 0.3 is 0 Å². The molecule has 0 aliphatic rings. The zero-order chi connectivity index (χ0) is 22.8. The van der Waals surface area contributed by atoms with Crippen molar-refractivity contribution >= 4 is 11.8 Å². The highest BCUT2D eigenvalue weighted by atomic mass is 16.2. The van der Waals surface area contributed by atoms with Crippen LogP contribution in [0.2, 0.25) is 0 Å². The molecule has 0 saturated carbocycles. The maximum Gasteiger partial charge on any atom is 0.242 e. The van der Waals surface area contributed by atoms with Crippen molar-refractivity contribution in [3.05, 3.63) is 108 Å². The largest absolute Gasteiger partial charge is 0.354 e. The lowest BCUT2D eigenvalue weighted by atomic mass is 9.88. The first-order chi connectivity index (χ1) is 15.6. The standard InChI is InChI=1S/C28H32N2O2/c1-3-25(22-13-7-4-8-14-22)28(32)30-21(2)27(31)29-20-19-26(23-15-9-5-10-16-23)24-17-11-6-12-18-24/h4-18,21,25-26H,3,19-20H2,1-2H3,(H,29,31)(H,30,32). The van der Waals surface area contributed by atoms with Gasteiger partial charge in [0.25, 0.3) is 0 Å². The lowest BCUT2D eigenvalue weighted by molar-refractivity contribution is -0.129. The van der Waals surface area contributed by atoms with Gasteiger partial charge in [0.15, 0.2) is 0 Å². The fourth-order valence-electron chi connectivity index (χ4n) is 4.03. The van der Waals surface area contributed by atoms with Crippen LogP contribution in [0.15, 0.2) is 91.0 Å². The number of benzene rings is 3. The molecule has 2 unspecified atom stereocenters. The Morgan fingerprint density at radius 3 is 1.66 bits per heavy atom. The Labute approximate surface area is 191 Å². The molecule has 0 spiro atoms. The van der Waals surface area contributed by atoms with Crippen molar-refractivity contribution < 1.29 is 9.59 Å². The van der Waals surface area contributed by atoms with Gasteiger partial charge in [0.1, 0.15) is 6.04 Å². The summed E-state index contributed by atoms with van der Waals surface area (Å²) in [4.78, 5) is 25.4. The minimum absolute atomic E-state index is 0.118. The highest BCUT2D eigenvalue weighted by Crippen LogP contribution is 2.27. The molecule has 3 aromatic carbocycles. The van der Waals surface area contributed by atoms with E-state index in [2.05, 4.69) is 34.9 Å². The second-order valence-electron chi connectivity index (χ2n) is 8.06. The molecule has 0 radical (unpaired) electrons. The molecule has 4 heteroatoms. The van der Waals surface area contributed by atoms with Crippen LogP contribution in [0.4, 0.5) is 0 Å². The smallest absolute Gasteiger partial charge is 0.242 e. The van der Waals surface area contributed by atoms with Crippen LogP contribution < -0.4 is 10.6 Å². The second kappa shape index (κ2) is 11.8. The van der Waals surface area contributed by atoms with Crippen LogP contribution in [0.5, 0.6) is 0 Å². The van der Waals surface area contributed by atoms with Crippen LogP contribution in [-0.4, -0.2) is 24.4 Å². The Hall–Kier alpha value is -3.40. The van der Waals surface area contributed by atoms with Gasteiger partial charge in [0.2, 0.25) is 11.8 Å². The SMILES string of the molecule is CCC(C(=O)NC(C)C(=O)NCCC(c1ccccc1)c1ccccc1)c1ccccc1. The van der Waals surface area contributed by atoms with Crippen molar-refractivity contribution in [2.24, 2.45) is 0 Å². The van der Waals surface area contributed by atoms with Gasteiger partial charge in [0, 0.05) is 12.5 Å². The van der Waals surface area contributed by atoms with Crippen molar-refractivity contribution in [3.8, 4) is 0 Å². The van der Waals surface area contributed by atoms with E-state index in [1.807, 2.05) is 73.7 Å². The molecule has 0 fully saturated rings. The maximum atomic E-state index is 12.8. The monoisotopic (exact) mass is 428 g/mol. The Kier molecular flexibility index (Phi) is 8.61. The molecule has 166 valence electrons. The van der Waals surface area contributed by atoms with Crippen LogP contribution in [0.25, 0.3) is 0 Å². The van der Waals surface area contributed by atoms with Crippen molar-refractivity contribution in [2.45, 2.75) is 44.6 Å². The Morgan fingerprint density at radius 1 is 0.719 bits per heavy atom. The van der Waals surface area contributed by atoms with E-state index in [1.54, 1.807) is 6.92 Å². The molecule has 0 aliphatic carbocycles. The van der Waals surface area contributed by atoms with E-state index in [-0.39, 0.29) is 23.7 Å². The summed E-state index contributed by atoms with van der Waals surface area (Å²) in [6.07, 6.45) is 1.46. The topological polar surface area (TPSA) is 58.2 Å². The number of hydrogen-bond donors (Lipinski definition) is 2. The molecule has 0 bridgehead atoms. The minimum atomic E-state index is -0.591. The summed E-state index contributed by atoms with van der Waals surface area (Å²) in [6, 6.07) is 29.8. The van der Waals surface area contributed by atoms with Crippen molar-refractivity contribution in [3.63, 3.8) is 0 Å². The Morgan fingerprint density at radius 2 is 1.19 bits per heavy atom.